The van der Waals surface area contributed by atoms with Crippen molar-refractivity contribution in [1.82, 2.24) is 20.4 Å². The van der Waals surface area contributed by atoms with Crippen LogP contribution < -0.4 is 5.32 Å². The average molecular weight is 230 g/mol. The predicted octanol–water partition coefficient (Wildman–Crippen LogP) is 1.28. The third-order valence-electron chi connectivity index (χ3n) is 3.03. The molecule has 0 aliphatic carbocycles. The zero-order chi connectivity index (χ0) is 11.5. The van der Waals surface area contributed by atoms with Crippen LogP contribution in [0.5, 0.6) is 0 Å². The minimum absolute atomic E-state index is 0.626. The molecule has 0 amide bonds. The molecule has 17 heavy (non-hydrogen) atoms. The molecular formula is C12H14N4O. The van der Waals surface area contributed by atoms with Crippen LogP contribution in [-0.4, -0.2) is 28.2 Å². The van der Waals surface area contributed by atoms with Crippen LogP contribution in [0, 0.1) is 5.92 Å². The Morgan fingerprint density at radius 3 is 3.00 bits per heavy atom. The summed E-state index contributed by atoms with van der Waals surface area (Å²) in [6, 6.07) is 3.76. The van der Waals surface area contributed by atoms with E-state index in [4.69, 9.17) is 4.52 Å². The van der Waals surface area contributed by atoms with Crippen LogP contribution in [0.15, 0.2) is 29.0 Å². The molecule has 0 saturated carbocycles. The third kappa shape index (κ3) is 2.34. The summed E-state index contributed by atoms with van der Waals surface area (Å²) >= 11 is 0. The molecule has 1 unspecified atom stereocenters. The number of pyridine rings is 1. The minimum Gasteiger partial charge on any atom is -0.339 e. The van der Waals surface area contributed by atoms with Gasteiger partial charge in [-0.2, -0.15) is 4.98 Å². The maximum atomic E-state index is 5.27. The summed E-state index contributed by atoms with van der Waals surface area (Å²) < 4.78 is 5.27. The van der Waals surface area contributed by atoms with E-state index in [-0.39, 0.29) is 0 Å². The Morgan fingerprint density at radius 1 is 1.35 bits per heavy atom. The van der Waals surface area contributed by atoms with Gasteiger partial charge in [0.25, 0.3) is 0 Å². The number of hydrogen-bond acceptors (Lipinski definition) is 5. The van der Waals surface area contributed by atoms with Gasteiger partial charge in [0.15, 0.2) is 0 Å². The van der Waals surface area contributed by atoms with Crippen LogP contribution in [0.1, 0.15) is 12.3 Å². The van der Waals surface area contributed by atoms with Gasteiger partial charge in [0.05, 0.1) is 0 Å². The second kappa shape index (κ2) is 4.63. The normalized spacial score (nSPS) is 19.6. The van der Waals surface area contributed by atoms with Crippen molar-refractivity contribution in [3.8, 4) is 11.4 Å². The number of nitrogens with one attached hydrogen (secondary N) is 1. The van der Waals surface area contributed by atoms with Crippen LogP contribution in [0.4, 0.5) is 0 Å². The number of hydrogen-bond donors (Lipinski definition) is 1. The predicted molar refractivity (Wildman–Crippen MR) is 62.2 cm³/mol. The first-order valence-corrected chi connectivity index (χ1v) is 5.85. The summed E-state index contributed by atoms with van der Waals surface area (Å²) in [6.45, 7) is 2.14. The van der Waals surface area contributed by atoms with Crippen LogP contribution in [0.2, 0.25) is 0 Å². The van der Waals surface area contributed by atoms with Crippen molar-refractivity contribution in [3.63, 3.8) is 0 Å². The van der Waals surface area contributed by atoms with E-state index in [9.17, 15) is 0 Å². The molecule has 3 heterocycles. The van der Waals surface area contributed by atoms with E-state index in [1.807, 2.05) is 12.1 Å². The van der Waals surface area contributed by atoms with Gasteiger partial charge in [0.2, 0.25) is 11.7 Å². The van der Waals surface area contributed by atoms with E-state index in [1.54, 1.807) is 12.4 Å². The first kappa shape index (κ1) is 10.4. The lowest BCUT2D eigenvalue weighted by Gasteiger charge is -2.01. The molecule has 1 fully saturated rings. The summed E-state index contributed by atoms with van der Waals surface area (Å²) in [5.41, 5.74) is 0.944. The summed E-state index contributed by atoms with van der Waals surface area (Å²) in [6.07, 6.45) is 5.51. The topological polar surface area (TPSA) is 63.8 Å². The van der Waals surface area contributed by atoms with E-state index in [1.165, 1.54) is 6.42 Å². The van der Waals surface area contributed by atoms with Crippen LogP contribution in [0.3, 0.4) is 0 Å². The Balaban J connectivity index is 1.74. The van der Waals surface area contributed by atoms with Crippen molar-refractivity contribution in [1.29, 1.82) is 0 Å². The third-order valence-corrected chi connectivity index (χ3v) is 3.03. The molecule has 1 aliphatic rings. The average Bonchev–Trinajstić information content (AvgIpc) is 3.02. The quantitative estimate of drug-likeness (QED) is 0.860. The Kier molecular flexibility index (Phi) is 2.83. The molecule has 0 radical (unpaired) electrons. The van der Waals surface area contributed by atoms with Gasteiger partial charge in [-0.1, -0.05) is 5.16 Å². The van der Waals surface area contributed by atoms with Gasteiger partial charge < -0.3 is 9.84 Å². The fraction of sp³-hybridized carbons (Fsp3) is 0.417. The van der Waals surface area contributed by atoms with E-state index < -0.39 is 0 Å². The fourth-order valence-corrected chi connectivity index (χ4v) is 2.09. The van der Waals surface area contributed by atoms with Crippen LogP contribution >= 0.6 is 0 Å². The zero-order valence-electron chi connectivity index (χ0n) is 9.47. The van der Waals surface area contributed by atoms with Crippen molar-refractivity contribution < 1.29 is 4.52 Å². The highest BCUT2D eigenvalue weighted by Crippen LogP contribution is 2.18. The largest absolute Gasteiger partial charge is 0.339 e. The minimum atomic E-state index is 0.626. The molecule has 1 atom stereocenters. The molecule has 3 rings (SSSR count). The standard InChI is InChI=1S/C12H14N4O/c1-4-14-8-9(1)7-11-15-12(16-17-11)10-2-5-13-6-3-10/h2-3,5-6,9,14H,1,4,7-8H2. The highest BCUT2D eigenvalue weighted by Gasteiger charge is 2.18. The zero-order valence-corrected chi connectivity index (χ0v) is 9.47. The lowest BCUT2D eigenvalue weighted by atomic mass is 10.1. The molecule has 0 bridgehead atoms. The number of nitrogens with zero attached hydrogens (tertiary/aromatic N) is 3. The molecule has 0 aromatic carbocycles. The Labute approximate surface area is 99.3 Å². The molecule has 1 saturated heterocycles. The first-order chi connectivity index (χ1) is 8.42. The molecule has 88 valence electrons. The second-order valence-corrected chi connectivity index (χ2v) is 4.31. The number of aromatic nitrogens is 3. The molecule has 5 heteroatoms. The van der Waals surface area contributed by atoms with Crippen molar-refractivity contribution >= 4 is 0 Å². The highest BCUT2D eigenvalue weighted by molar-refractivity contribution is 5.52. The molecule has 2 aromatic rings. The van der Waals surface area contributed by atoms with Crippen LogP contribution in [-0.2, 0) is 6.42 Å². The Morgan fingerprint density at radius 2 is 2.24 bits per heavy atom. The fourth-order valence-electron chi connectivity index (χ4n) is 2.09. The summed E-state index contributed by atoms with van der Waals surface area (Å²) in [5.74, 6) is 2.00. The molecule has 1 aliphatic heterocycles. The SMILES string of the molecule is c1cc(-c2noc(CC3CCNC3)n2)ccn1. The van der Waals surface area contributed by atoms with E-state index in [0.29, 0.717) is 11.7 Å². The molecular weight excluding hydrogens is 216 g/mol. The summed E-state index contributed by atoms with van der Waals surface area (Å²) in [4.78, 5) is 8.38. The van der Waals surface area contributed by atoms with Crippen molar-refractivity contribution in [2.75, 3.05) is 13.1 Å². The Bertz CT molecular complexity index is 476. The maximum Gasteiger partial charge on any atom is 0.227 e. The van der Waals surface area contributed by atoms with Crippen molar-refractivity contribution in [2.24, 2.45) is 5.92 Å². The molecule has 2 aromatic heterocycles. The van der Waals surface area contributed by atoms with Gasteiger partial charge in [0.1, 0.15) is 0 Å². The van der Waals surface area contributed by atoms with Crippen molar-refractivity contribution in [2.45, 2.75) is 12.8 Å². The van der Waals surface area contributed by atoms with Crippen LogP contribution in [0.25, 0.3) is 11.4 Å². The molecule has 5 nitrogen and oxygen atoms in total. The first-order valence-electron chi connectivity index (χ1n) is 5.85. The lowest BCUT2D eigenvalue weighted by molar-refractivity contribution is 0.358. The van der Waals surface area contributed by atoms with Gasteiger partial charge in [0, 0.05) is 24.4 Å². The molecule has 1 N–H and O–H groups in total. The maximum absolute atomic E-state index is 5.27. The number of rotatable bonds is 3. The van der Waals surface area contributed by atoms with Gasteiger partial charge in [-0.3, -0.25) is 4.98 Å². The van der Waals surface area contributed by atoms with Gasteiger partial charge in [-0.05, 0) is 37.6 Å². The van der Waals surface area contributed by atoms with Gasteiger partial charge in [-0.15, -0.1) is 0 Å². The monoisotopic (exact) mass is 230 g/mol. The van der Waals surface area contributed by atoms with E-state index in [0.717, 1.165) is 31.0 Å². The summed E-state index contributed by atoms with van der Waals surface area (Å²) in [5, 5.41) is 7.33. The Hall–Kier alpha value is -1.75. The van der Waals surface area contributed by atoms with E-state index in [2.05, 4.69) is 20.4 Å². The van der Waals surface area contributed by atoms with Gasteiger partial charge >= 0.3 is 0 Å². The van der Waals surface area contributed by atoms with Gasteiger partial charge in [-0.25, -0.2) is 0 Å². The second-order valence-electron chi connectivity index (χ2n) is 4.31. The smallest absolute Gasteiger partial charge is 0.227 e. The lowest BCUT2D eigenvalue weighted by Crippen LogP contribution is -2.10. The van der Waals surface area contributed by atoms with Crippen molar-refractivity contribution in [3.05, 3.63) is 30.4 Å². The highest BCUT2D eigenvalue weighted by atomic mass is 16.5. The van der Waals surface area contributed by atoms with E-state index >= 15 is 0 Å². The molecule has 0 spiro atoms. The summed E-state index contributed by atoms with van der Waals surface area (Å²) in [7, 11) is 0.